The molecule has 0 saturated heterocycles. The van der Waals surface area contributed by atoms with E-state index in [1.807, 2.05) is 12.1 Å². The van der Waals surface area contributed by atoms with E-state index in [0.717, 1.165) is 18.7 Å². The molecule has 0 unspecified atom stereocenters. The molecule has 1 heterocycles. The molecule has 1 aromatic carbocycles. The molecule has 0 radical (unpaired) electrons. The lowest BCUT2D eigenvalue weighted by atomic mass is 10.2. The third kappa shape index (κ3) is 3.46. The molecule has 1 aromatic heterocycles. The van der Waals surface area contributed by atoms with Gasteiger partial charge in [0.15, 0.2) is 0 Å². The SMILES string of the molecule is Cc1ccsc1CNCc1cc(N)cc(Cl)c1. The molecule has 0 atom stereocenters. The fourth-order valence-electron chi connectivity index (χ4n) is 1.68. The Bertz CT molecular complexity index is 488. The zero-order chi connectivity index (χ0) is 12.3. The van der Waals surface area contributed by atoms with Gasteiger partial charge in [0.2, 0.25) is 0 Å². The number of thiophene rings is 1. The summed E-state index contributed by atoms with van der Waals surface area (Å²) in [6, 6.07) is 7.78. The molecule has 0 saturated carbocycles. The van der Waals surface area contributed by atoms with Crippen LogP contribution in [0.2, 0.25) is 5.02 Å². The number of rotatable bonds is 4. The van der Waals surface area contributed by atoms with Crippen LogP contribution < -0.4 is 11.1 Å². The molecule has 2 rings (SSSR count). The topological polar surface area (TPSA) is 38.0 Å². The number of benzene rings is 1. The number of halogens is 1. The monoisotopic (exact) mass is 266 g/mol. The van der Waals surface area contributed by atoms with Crippen molar-refractivity contribution in [3.63, 3.8) is 0 Å². The second-order valence-corrected chi connectivity index (χ2v) is 5.46. The Morgan fingerprint density at radius 1 is 1.29 bits per heavy atom. The van der Waals surface area contributed by atoms with Crippen molar-refractivity contribution >= 4 is 28.6 Å². The van der Waals surface area contributed by atoms with Gasteiger partial charge in [0.05, 0.1) is 0 Å². The Labute approximate surface area is 110 Å². The minimum absolute atomic E-state index is 0.689. The van der Waals surface area contributed by atoms with Gasteiger partial charge in [0.25, 0.3) is 0 Å². The van der Waals surface area contributed by atoms with Crippen LogP contribution in [0.3, 0.4) is 0 Å². The van der Waals surface area contributed by atoms with E-state index >= 15 is 0 Å². The molecule has 0 aliphatic rings. The molecule has 0 aliphatic heterocycles. The molecule has 0 spiro atoms. The van der Waals surface area contributed by atoms with Crippen LogP contribution in [0, 0.1) is 6.92 Å². The van der Waals surface area contributed by atoms with E-state index < -0.39 is 0 Å². The Hall–Kier alpha value is -1.03. The Morgan fingerprint density at radius 2 is 2.12 bits per heavy atom. The largest absolute Gasteiger partial charge is 0.399 e. The van der Waals surface area contributed by atoms with Crippen molar-refractivity contribution in [2.24, 2.45) is 0 Å². The lowest BCUT2D eigenvalue weighted by Gasteiger charge is -2.06. The van der Waals surface area contributed by atoms with Crippen molar-refractivity contribution in [1.82, 2.24) is 5.32 Å². The number of hydrogen-bond donors (Lipinski definition) is 2. The lowest BCUT2D eigenvalue weighted by Crippen LogP contribution is -2.12. The summed E-state index contributed by atoms with van der Waals surface area (Å²) in [6.45, 7) is 3.79. The third-order valence-electron chi connectivity index (χ3n) is 2.56. The van der Waals surface area contributed by atoms with Crippen LogP contribution in [-0.2, 0) is 13.1 Å². The molecule has 0 aliphatic carbocycles. The fraction of sp³-hybridized carbons (Fsp3) is 0.231. The van der Waals surface area contributed by atoms with E-state index in [2.05, 4.69) is 23.7 Å². The smallest absolute Gasteiger partial charge is 0.0429 e. The van der Waals surface area contributed by atoms with Crippen LogP contribution >= 0.6 is 22.9 Å². The molecule has 4 heteroatoms. The van der Waals surface area contributed by atoms with Crippen molar-refractivity contribution < 1.29 is 0 Å². The predicted octanol–water partition coefficient (Wildman–Crippen LogP) is 3.58. The first-order valence-corrected chi connectivity index (χ1v) is 6.69. The van der Waals surface area contributed by atoms with Gasteiger partial charge in [-0.15, -0.1) is 11.3 Å². The van der Waals surface area contributed by atoms with Crippen LogP contribution in [0.15, 0.2) is 29.6 Å². The fourth-order valence-corrected chi connectivity index (χ4v) is 2.82. The molecular formula is C13H15ClN2S. The first kappa shape index (κ1) is 12.4. The number of nitrogens with one attached hydrogen (secondary N) is 1. The molecule has 2 aromatic rings. The van der Waals surface area contributed by atoms with Gasteiger partial charge in [-0.2, -0.15) is 0 Å². The first-order chi connectivity index (χ1) is 8.15. The zero-order valence-electron chi connectivity index (χ0n) is 9.66. The van der Waals surface area contributed by atoms with Crippen molar-refractivity contribution in [2.45, 2.75) is 20.0 Å². The van der Waals surface area contributed by atoms with Crippen LogP contribution in [0.25, 0.3) is 0 Å². The van der Waals surface area contributed by atoms with Gasteiger partial charge in [0.1, 0.15) is 0 Å². The normalized spacial score (nSPS) is 10.7. The van der Waals surface area contributed by atoms with Gasteiger partial charge >= 0.3 is 0 Å². The highest BCUT2D eigenvalue weighted by atomic mass is 35.5. The van der Waals surface area contributed by atoms with Crippen molar-refractivity contribution in [3.8, 4) is 0 Å². The highest BCUT2D eigenvalue weighted by Gasteiger charge is 2.00. The minimum atomic E-state index is 0.689. The molecule has 0 bridgehead atoms. The van der Waals surface area contributed by atoms with Gasteiger partial charge in [-0.3, -0.25) is 0 Å². The molecule has 17 heavy (non-hydrogen) atoms. The number of hydrogen-bond acceptors (Lipinski definition) is 3. The summed E-state index contributed by atoms with van der Waals surface area (Å²) in [7, 11) is 0. The van der Waals surface area contributed by atoms with E-state index in [9.17, 15) is 0 Å². The summed E-state index contributed by atoms with van der Waals surface area (Å²) in [5.74, 6) is 0. The van der Waals surface area contributed by atoms with Gasteiger partial charge < -0.3 is 11.1 Å². The van der Waals surface area contributed by atoms with E-state index in [1.165, 1.54) is 10.4 Å². The number of nitrogen functional groups attached to an aromatic ring is 1. The summed E-state index contributed by atoms with van der Waals surface area (Å²) in [5.41, 5.74) is 8.91. The summed E-state index contributed by atoms with van der Waals surface area (Å²) in [6.07, 6.45) is 0. The molecule has 0 amide bonds. The van der Waals surface area contributed by atoms with E-state index in [0.29, 0.717) is 10.7 Å². The second kappa shape index (κ2) is 5.54. The maximum atomic E-state index is 5.95. The number of nitrogens with two attached hydrogens (primary N) is 1. The summed E-state index contributed by atoms with van der Waals surface area (Å²) in [4.78, 5) is 1.38. The van der Waals surface area contributed by atoms with E-state index in [1.54, 1.807) is 17.4 Å². The maximum absolute atomic E-state index is 5.95. The summed E-state index contributed by atoms with van der Waals surface area (Å²) < 4.78 is 0. The second-order valence-electron chi connectivity index (χ2n) is 4.02. The van der Waals surface area contributed by atoms with Crippen LogP contribution in [-0.4, -0.2) is 0 Å². The first-order valence-electron chi connectivity index (χ1n) is 5.44. The molecule has 2 nitrogen and oxygen atoms in total. The zero-order valence-corrected chi connectivity index (χ0v) is 11.2. The van der Waals surface area contributed by atoms with Gasteiger partial charge in [0, 0.05) is 28.7 Å². The van der Waals surface area contributed by atoms with Crippen LogP contribution in [0.1, 0.15) is 16.0 Å². The molecule has 0 fully saturated rings. The quantitative estimate of drug-likeness (QED) is 0.830. The van der Waals surface area contributed by atoms with Gasteiger partial charge in [-0.05, 0) is 47.7 Å². The Balaban J connectivity index is 1.92. The average molecular weight is 267 g/mol. The number of aryl methyl sites for hydroxylation is 1. The van der Waals surface area contributed by atoms with Crippen LogP contribution in [0.4, 0.5) is 5.69 Å². The standard InChI is InChI=1S/C13H15ClN2S/c1-9-2-3-17-13(9)8-16-7-10-4-11(14)6-12(15)5-10/h2-6,16H,7-8,15H2,1H3. The third-order valence-corrected chi connectivity index (χ3v) is 3.80. The van der Waals surface area contributed by atoms with E-state index in [4.69, 9.17) is 17.3 Å². The molecule has 3 N–H and O–H groups in total. The van der Waals surface area contributed by atoms with Crippen molar-refractivity contribution in [2.75, 3.05) is 5.73 Å². The maximum Gasteiger partial charge on any atom is 0.0429 e. The Morgan fingerprint density at radius 3 is 2.76 bits per heavy atom. The summed E-state index contributed by atoms with van der Waals surface area (Å²) in [5, 5.41) is 6.20. The Kier molecular flexibility index (Phi) is 4.05. The van der Waals surface area contributed by atoms with Gasteiger partial charge in [-0.25, -0.2) is 0 Å². The molecule has 90 valence electrons. The average Bonchev–Trinajstić information content (AvgIpc) is 2.63. The summed E-state index contributed by atoms with van der Waals surface area (Å²) >= 11 is 7.73. The van der Waals surface area contributed by atoms with Gasteiger partial charge in [-0.1, -0.05) is 11.6 Å². The predicted molar refractivity (Wildman–Crippen MR) is 75.5 cm³/mol. The molecular weight excluding hydrogens is 252 g/mol. The van der Waals surface area contributed by atoms with Crippen molar-refractivity contribution in [3.05, 3.63) is 50.7 Å². The van der Waals surface area contributed by atoms with E-state index in [-0.39, 0.29) is 0 Å². The number of anilines is 1. The van der Waals surface area contributed by atoms with Crippen molar-refractivity contribution in [1.29, 1.82) is 0 Å². The lowest BCUT2D eigenvalue weighted by molar-refractivity contribution is 0.699. The highest BCUT2D eigenvalue weighted by Crippen LogP contribution is 2.18. The van der Waals surface area contributed by atoms with Crippen LogP contribution in [0.5, 0.6) is 0 Å². The minimum Gasteiger partial charge on any atom is -0.399 e. The highest BCUT2D eigenvalue weighted by molar-refractivity contribution is 7.10.